The van der Waals surface area contributed by atoms with E-state index >= 15 is 0 Å². The monoisotopic (exact) mass is 563 g/mol. The van der Waals surface area contributed by atoms with Gasteiger partial charge in [-0.25, -0.2) is 9.97 Å². The van der Waals surface area contributed by atoms with Crippen molar-refractivity contribution in [3.63, 3.8) is 0 Å². The number of carbonyl (C=O) groups is 1. The fourth-order valence-corrected chi connectivity index (χ4v) is 5.07. The van der Waals surface area contributed by atoms with Gasteiger partial charge in [0.15, 0.2) is 0 Å². The van der Waals surface area contributed by atoms with Crippen LogP contribution in [0, 0.1) is 6.92 Å². The number of nitrogens with zero attached hydrogens (tertiary/aromatic N) is 3. The number of rotatable bonds is 7. The van der Waals surface area contributed by atoms with Crippen LogP contribution in [0.2, 0.25) is 0 Å². The lowest BCUT2D eigenvalue weighted by Gasteiger charge is -2.32. The summed E-state index contributed by atoms with van der Waals surface area (Å²) < 4.78 is 46.9. The Morgan fingerprint density at radius 3 is 2.71 bits per heavy atom. The standard InChI is InChI=1S/C31H32F3N5O2/c1-4-39-13-5-6-24(18-39)41-28-12-10-23(31(32,33)34)16-27(28)37-29(40)21-8-7-19(2)25(15-21)20-9-11-26-22(14-20)17-36-30(35-3)38-26/h7-12,14-17,24H,4-6,13,18H2,1-3H3,(H,37,40)(H,35,36,38)/t24-/m1/s1. The molecular weight excluding hydrogens is 531 g/mol. The molecule has 0 radical (unpaired) electrons. The van der Waals surface area contributed by atoms with E-state index in [2.05, 4.69) is 32.4 Å². The van der Waals surface area contributed by atoms with Crippen LogP contribution in [0.1, 0.15) is 41.3 Å². The second kappa shape index (κ2) is 11.7. The van der Waals surface area contributed by atoms with Gasteiger partial charge in [-0.3, -0.25) is 9.69 Å². The molecule has 1 atom stereocenters. The number of aryl methyl sites for hydroxylation is 1. The molecule has 1 fully saturated rings. The van der Waals surface area contributed by atoms with Crippen LogP contribution in [-0.2, 0) is 6.18 Å². The maximum Gasteiger partial charge on any atom is 0.416 e. The highest BCUT2D eigenvalue weighted by Crippen LogP contribution is 2.36. The minimum Gasteiger partial charge on any atom is -0.487 e. The van der Waals surface area contributed by atoms with Crippen molar-refractivity contribution in [2.75, 3.05) is 37.3 Å². The Bertz CT molecular complexity index is 1570. The Labute approximate surface area is 236 Å². The van der Waals surface area contributed by atoms with E-state index in [9.17, 15) is 18.0 Å². The normalized spacial score (nSPS) is 16.0. The number of piperidine rings is 1. The van der Waals surface area contributed by atoms with Crippen molar-refractivity contribution in [1.82, 2.24) is 14.9 Å². The molecule has 2 heterocycles. The number of likely N-dealkylation sites (tertiary alicyclic amines) is 1. The third kappa shape index (κ3) is 6.43. The number of amides is 1. The van der Waals surface area contributed by atoms with Crippen molar-refractivity contribution in [2.45, 2.75) is 39.0 Å². The predicted octanol–water partition coefficient (Wildman–Crippen LogP) is 6.78. The van der Waals surface area contributed by atoms with Crippen LogP contribution in [-0.4, -0.2) is 53.6 Å². The van der Waals surface area contributed by atoms with Crippen LogP contribution >= 0.6 is 0 Å². The first-order valence-corrected chi connectivity index (χ1v) is 13.6. The van der Waals surface area contributed by atoms with Crippen LogP contribution < -0.4 is 15.4 Å². The molecule has 10 heteroatoms. The zero-order valence-corrected chi connectivity index (χ0v) is 23.2. The van der Waals surface area contributed by atoms with Gasteiger partial charge in [0.1, 0.15) is 11.9 Å². The molecule has 1 aliphatic rings. The molecule has 41 heavy (non-hydrogen) atoms. The van der Waals surface area contributed by atoms with E-state index in [4.69, 9.17) is 4.74 Å². The average molecular weight is 564 g/mol. The first-order chi connectivity index (χ1) is 19.6. The summed E-state index contributed by atoms with van der Waals surface area (Å²) in [6, 6.07) is 14.2. The molecule has 0 unspecified atom stereocenters. The molecule has 0 spiro atoms. The molecule has 0 aliphatic carbocycles. The molecule has 214 valence electrons. The van der Waals surface area contributed by atoms with Crippen molar-refractivity contribution in [3.05, 3.63) is 77.5 Å². The lowest BCUT2D eigenvalue weighted by Crippen LogP contribution is -2.40. The zero-order chi connectivity index (χ0) is 29.1. The van der Waals surface area contributed by atoms with Gasteiger partial charge in [-0.05, 0) is 92.0 Å². The summed E-state index contributed by atoms with van der Waals surface area (Å²) in [5.74, 6) is 0.207. The number of fused-ring (bicyclic) bond motifs is 1. The number of alkyl halides is 3. The summed E-state index contributed by atoms with van der Waals surface area (Å²) in [4.78, 5) is 24.4. The number of likely N-dealkylation sites (N-methyl/N-ethyl adjacent to an activating group) is 1. The number of nitrogens with one attached hydrogen (secondary N) is 2. The van der Waals surface area contributed by atoms with Crippen molar-refractivity contribution >= 4 is 28.4 Å². The SMILES string of the molecule is CCN1CCC[C@@H](Oc2ccc(C(F)(F)F)cc2NC(=O)c2ccc(C)c(-c3ccc4nc(NC)ncc4c3)c2)C1. The number of halogens is 3. The first-order valence-electron chi connectivity index (χ1n) is 13.6. The number of carbonyl (C=O) groups excluding carboxylic acids is 1. The Kier molecular flexibility index (Phi) is 8.12. The molecule has 1 saturated heterocycles. The average Bonchev–Trinajstić information content (AvgIpc) is 2.97. The third-order valence-corrected chi connectivity index (χ3v) is 7.37. The van der Waals surface area contributed by atoms with Crippen molar-refractivity contribution < 1.29 is 22.7 Å². The van der Waals surface area contributed by atoms with Crippen LogP contribution in [0.5, 0.6) is 5.75 Å². The molecule has 3 aromatic carbocycles. The molecule has 2 N–H and O–H groups in total. The van der Waals surface area contributed by atoms with Gasteiger partial charge in [0.25, 0.3) is 5.91 Å². The number of ether oxygens (including phenoxy) is 1. The smallest absolute Gasteiger partial charge is 0.416 e. The maximum atomic E-state index is 13.6. The summed E-state index contributed by atoms with van der Waals surface area (Å²) in [5, 5.41) is 6.45. The van der Waals surface area contributed by atoms with E-state index in [1.165, 1.54) is 6.07 Å². The molecular formula is C31H32F3N5O2. The number of anilines is 2. The van der Waals surface area contributed by atoms with Crippen LogP contribution in [0.3, 0.4) is 0 Å². The van der Waals surface area contributed by atoms with Gasteiger partial charge >= 0.3 is 6.18 Å². The van der Waals surface area contributed by atoms with Gasteiger partial charge in [-0.15, -0.1) is 0 Å². The topological polar surface area (TPSA) is 79.4 Å². The largest absolute Gasteiger partial charge is 0.487 e. The molecule has 5 rings (SSSR count). The highest BCUT2D eigenvalue weighted by atomic mass is 19.4. The number of benzene rings is 3. The Balaban J connectivity index is 1.44. The Morgan fingerprint density at radius 2 is 1.95 bits per heavy atom. The second-order valence-corrected chi connectivity index (χ2v) is 10.2. The van der Waals surface area contributed by atoms with Crippen LogP contribution in [0.25, 0.3) is 22.0 Å². The number of hydrogen-bond donors (Lipinski definition) is 2. The maximum absolute atomic E-state index is 13.6. The fourth-order valence-electron chi connectivity index (χ4n) is 5.07. The Morgan fingerprint density at radius 1 is 1.12 bits per heavy atom. The number of aromatic nitrogens is 2. The van der Waals surface area contributed by atoms with Crippen molar-refractivity contribution in [1.29, 1.82) is 0 Å². The van der Waals surface area contributed by atoms with Crippen molar-refractivity contribution in [3.8, 4) is 16.9 Å². The summed E-state index contributed by atoms with van der Waals surface area (Å²) in [6.45, 7) is 6.51. The second-order valence-electron chi connectivity index (χ2n) is 10.2. The predicted molar refractivity (Wildman–Crippen MR) is 154 cm³/mol. The molecule has 4 aromatic rings. The van der Waals surface area contributed by atoms with Crippen LogP contribution in [0.15, 0.2) is 60.8 Å². The molecule has 1 aromatic heterocycles. The summed E-state index contributed by atoms with van der Waals surface area (Å²) in [7, 11) is 1.75. The van der Waals surface area contributed by atoms with Gasteiger partial charge < -0.3 is 15.4 Å². The van der Waals surface area contributed by atoms with E-state index in [0.29, 0.717) is 18.1 Å². The molecule has 0 bridgehead atoms. The fraction of sp³-hybridized carbons (Fsp3) is 0.323. The minimum absolute atomic E-state index is 0.0104. The quantitative estimate of drug-likeness (QED) is 0.258. The highest BCUT2D eigenvalue weighted by Gasteiger charge is 2.32. The summed E-state index contributed by atoms with van der Waals surface area (Å²) in [5.41, 5.74) is 2.84. The first kappa shape index (κ1) is 28.4. The molecule has 1 aliphatic heterocycles. The zero-order valence-electron chi connectivity index (χ0n) is 23.2. The molecule has 7 nitrogen and oxygen atoms in total. The van der Waals surface area contributed by atoms with Gasteiger partial charge in [0.2, 0.25) is 5.95 Å². The highest BCUT2D eigenvalue weighted by molar-refractivity contribution is 6.06. The van der Waals surface area contributed by atoms with Gasteiger partial charge in [0, 0.05) is 30.7 Å². The summed E-state index contributed by atoms with van der Waals surface area (Å²) in [6.07, 6.45) is -1.29. The summed E-state index contributed by atoms with van der Waals surface area (Å²) >= 11 is 0. The van der Waals surface area contributed by atoms with Gasteiger partial charge in [-0.2, -0.15) is 13.2 Å². The van der Waals surface area contributed by atoms with E-state index in [1.807, 2.05) is 31.2 Å². The van der Waals surface area contributed by atoms with E-state index in [1.54, 1.807) is 25.4 Å². The van der Waals surface area contributed by atoms with Gasteiger partial charge in [-0.1, -0.05) is 19.1 Å². The van der Waals surface area contributed by atoms with Gasteiger partial charge in [0.05, 0.1) is 16.8 Å². The molecule has 0 saturated carbocycles. The lowest BCUT2D eigenvalue weighted by atomic mass is 9.97. The van der Waals surface area contributed by atoms with E-state index < -0.39 is 17.6 Å². The lowest BCUT2D eigenvalue weighted by molar-refractivity contribution is -0.137. The van der Waals surface area contributed by atoms with E-state index in [0.717, 1.165) is 65.7 Å². The third-order valence-electron chi connectivity index (χ3n) is 7.37. The molecule has 1 amide bonds. The van der Waals surface area contributed by atoms with E-state index in [-0.39, 0.29) is 17.5 Å². The Hall–Kier alpha value is -4.18. The van der Waals surface area contributed by atoms with Crippen LogP contribution in [0.4, 0.5) is 24.8 Å². The minimum atomic E-state index is -4.56. The number of hydrogen-bond acceptors (Lipinski definition) is 6. The van der Waals surface area contributed by atoms with Crippen molar-refractivity contribution in [2.24, 2.45) is 0 Å².